The number of hydrogen-bond donors (Lipinski definition) is 0. The van der Waals surface area contributed by atoms with E-state index in [1.54, 1.807) is 0 Å². The summed E-state index contributed by atoms with van der Waals surface area (Å²) in [5.74, 6) is 1.55. The smallest absolute Gasteiger partial charge is 0.136 e. The largest absolute Gasteiger partial charge is 0.337 e. The summed E-state index contributed by atoms with van der Waals surface area (Å²) in [4.78, 5) is 18.3. The molecule has 4 nitrogen and oxygen atoms in total. The third kappa shape index (κ3) is 1.57. The van der Waals surface area contributed by atoms with E-state index in [0.717, 1.165) is 25.2 Å². The standard InChI is InChI=1S/C12H17N3O/c1-14-5-4-13-12(14)8-15-9-2-3-10(15)7-11(16)6-9/h4-5,9-10H,2-3,6-8H2,1H3. The summed E-state index contributed by atoms with van der Waals surface area (Å²) < 4.78 is 2.07. The van der Waals surface area contributed by atoms with Gasteiger partial charge in [0.25, 0.3) is 0 Å². The van der Waals surface area contributed by atoms with Gasteiger partial charge < -0.3 is 4.57 Å². The van der Waals surface area contributed by atoms with Crippen LogP contribution < -0.4 is 0 Å². The second-order valence-electron chi connectivity index (χ2n) is 4.96. The number of carbonyl (C=O) groups is 1. The highest BCUT2D eigenvalue weighted by molar-refractivity contribution is 5.80. The molecule has 1 aromatic heterocycles. The predicted molar refractivity (Wildman–Crippen MR) is 59.8 cm³/mol. The molecule has 2 aliphatic rings. The monoisotopic (exact) mass is 219 g/mol. The average Bonchev–Trinajstić information content (AvgIpc) is 2.73. The third-order valence-electron chi connectivity index (χ3n) is 3.94. The Morgan fingerprint density at radius 3 is 2.62 bits per heavy atom. The van der Waals surface area contributed by atoms with Crippen molar-refractivity contribution in [1.82, 2.24) is 14.5 Å². The van der Waals surface area contributed by atoms with E-state index in [2.05, 4.69) is 14.5 Å². The van der Waals surface area contributed by atoms with Crippen LogP contribution in [-0.4, -0.2) is 32.3 Å². The molecule has 0 amide bonds. The van der Waals surface area contributed by atoms with Crippen molar-refractivity contribution in [1.29, 1.82) is 0 Å². The van der Waals surface area contributed by atoms with Crippen LogP contribution in [0.4, 0.5) is 0 Å². The zero-order chi connectivity index (χ0) is 11.1. The van der Waals surface area contributed by atoms with Gasteiger partial charge in [0.2, 0.25) is 0 Å². The number of ketones is 1. The molecule has 3 heterocycles. The van der Waals surface area contributed by atoms with E-state index in [4.69, 9.17) is 0 Å². The Morgan fingerprint density at radius 1 is 1.38 bits per heavy atom. The minimum atomic E-state index is 0.448. The van der Waals surface area contributed by atoms with Crippen LogP contribution in [0.5, 0.6) is 0 Å². The predicted octanol–water partition coefficient (Wildman–Crippen LogP) is 1.12. The van der Waals surface area contributed by atoms with Gasteiger partial charge in [-0.2, -0.15) is 0 Å². The lowest BCUT2D eigenvalue weighted by Crippen LogP contribution is -2.42. The molecule has 1 aromatic rings. The van der Waals surface area contributed by atoms with Crippen molar-refractivity contribution < 1.29 is 4.79 Å². The lowest BCUT2D eigenvalue weighted by atomic mass is 10.0. The van der Waals surface area contributed by atoms with Crippen LogP contribution in [0.1, 0.15) is 31.5 Å². The number of piperidine rings is 1. The van der Waals surface area contributed by atoms with Crippen molar-refractivity contribution in [2.45, 2.75) is 44.3 Å². The van der Waals surface area contributed by atoms with E-state index >= 15 is 0 Å². The van der Waals surface area contributed by atoms with Crippen LogP contribution in [-0.2, 0) is 18.4 Å². The number of aromatic nitrogens is 2. The van der Waals surface area contributed by atoms with Gasteiger partial charge in [0, 0.05) is 44.4 Å². The Bertz CT molecular complexity index is 396. The van der Waals surface area contributed by atoms with Gasteiger partial charge in [-0.3, -0.25) is 9.69 Å². The maximum atomic E-state index is 11.5. The van der Waals surface area contributed by atoms with Gasteiger partial charge >= 0.3 is 0 Å². The summed E-state index contributed by atoms with van der Waals surface area (Å²) in [6.07, 6.45) is 7.68. The van der Waals surface area contributed by atoms with E-state index in [9.17, 15) is 4.79 Å². The van der Waals surface area contributed by atoms with Gasteiger partial charge in [0.1, 0.15) is 11.6 Å². The minimum Gasteiger partial charge on any atom is -0.337 e. The molecule has 0 saturated carbocycles. The van der Waals surface area contributed by atoms with E-state index in [1.807, 2.05) is 19.4 Å². The Hall–Kier alpha value is -1.16. The second-order valence-corrected chi connectivity index (χ2v) is 4.96. The van der Waals surface area contributed by atoms with Crippen molar-refractivity contribution >= 4 is 5.78 Å². The molecule has 2 unspecified atom stereocenters. The van der Waals surface area contributed by atoms with E-state index in [1.165, 1.54) is 12.8 Å². The molecule has 2 atom stereocenters. The van der Waals surface area contributed by atoms with E-state index in [-0.39, 0.29) is 0 Å². The first-order valence-corrected chi connectivity index (χ1v) is 5.97. The second kappa shape index (κ2) is 3.70. The Kier molecular flexibility index (Phi) is 2.32. The number of hydrogen-bond acceptors (Lipinski definition) is 3. The third-order valence-corrected chi connectivity index (χ3v) is 3.94. The number of fused-ring (bicyclic) bond motifs is 2. The number of imidazole rings is 1. The van der Waals surface area contributed by atoms with Crippen LogP contribution >= 0.6 is 0 Å². The molecule has 0 aliphatic carbocycles. The number of rotatable bonds is 2. The molecular formula is C12H17N3O. The molecule has 2 aliphatic heterocycles. The van der Waals surface area contributed by atoms with Crippen molar-refractivity contribution in [2.75, 3.05) is 0 Å². The summed E-state index contributed by atoms with van der Waals surface area (Å²) in [5.41, 5.74) is 0. The lowest BCUT2D eigenvalue weighted by Gasteiger charge is -2.33. The van der Waals surface area contributed by atoms with Crippen LogP contribution in [0, 0.1) is 0 Å². The van der Waals surface area contributed by atoms with E-state index in [0.29, 0.717) is 17.9 Å². The average molecular weight is 219 g/mol. The fourth-order valence-electron chi connectivity index (χ4n) is 3.03. The fraction of sp³-hybridized carbons (Fsp3) is 0.667. The molecular weight excluding hydrogens is 202 g/mol. The van der Waals surface area contributed by atoms with Gasteiger partial charge in [0.05, 0.1) is 6.54 Å². The normalized spacial score (nSPS) is 29.9. The molecule has 2 fully saturated rings. The van der Waals surface area contributed by atoms with Gasteiger partial charge in [0.15, 0.2) is 0 Å². The van der Waals surface area contributed by atoms with Crippen LogP contribution in [0.3, 0.4) is 0 Å². The molecule has 4 heteroatoms. The zero-order valence-electron chi connectivity index (χ0n) is 9.59. The summed E-state index contributed by atoms with van der Waals surface area (Å²) in [7, 11) is 2.03. The molecule has 0 N–H and O–H groups in total. The fourth-order valence-corrected chi connectivity index (χ4v) is 3.03. The molecule has 16 heavy (non-hydrogen) atoms. The number of nitrogens with zero attached hydrogens (tertiary/aromatic N) is 3. The topological polar surface area (TPSA) is 38.1 Å². The summed E-state index contributed by atoms with van der Waals surface area (Å²) in [6, 6.07) is 0.950. The first-order chi connectivity index (χ1) is 7.74. The molecule has 3 rings (SSSR count). The molecule has 86 valence electrons. The molecule has 2 bridgehead atoms. The van der Waals surface area contributed by atoms with Gasteiger partial charge in [-0.05, 0) is 12.8 Å². The Morgan fingerprint density at radius 2 is 2.06 bits per heavy atom. The maximum absolute atomic E-state index is 11.5. The zero-order valence-corrected chi connectivity index (χ0v) is 9.59. The quantitative estimate of drug-likeness (QED) is 0.748. The van der Waals surface area contributed by atoms with Crippen molar-refractivity contribution in [3.63, 3.8) is 0 Å². The van der Waals surface area contributed by atoms with Crippen LogP contribution in [0.15, 0.2) is 12.4 Å². The molecule has 0 radical (unpaired) electrons. The van der Waals surface area contributed by atoms with Gasteiger partial charge in [-0.1, -0.05) is 0 Å². The number of carbonyl (C=O) groups excluding carboxylic acids is 1. The first kappa shape index (κ1) is 10.0. The van der Waals surface area contributed by atoms with Crippen molar-refractivity contribution in [3.8, 4) is 0 Å². The molecule has 0 aromatic carbocycles. The summed E-state index contributed by atoms with van der Waals surface area (Å²) >= 11 is 0. The SMILES string of the molecule is Cn1ccnc1CN1C2CCC1CC(=O)C2. The summed E-state index contributed by atoms with van der Waals surface area (Å²) in [5, 5.41) is 0. The maximum Gasteiger partial charge on any atom is 0.136 e. The van der Waals surface area contributed by atoms with Gasteiger partial charge in [-0.15, -0.1) is 0 Å². The van der Waals surface area contributed by atoms with Gasteiger partial charge in [-0.25, -0.2) is 4.98 Å². The number of aryl methyl sites for hydroxylation is 1. The molecule has 2 saturated heterocycles. The number of Topliss-reactive ketones (excluding diaryl/α,β-unsaturated/α-hetero) is 1. The highest BCUT2D eigenvalue weighted by Gasteiger charge is 2.40. The highest BCUT2D eigenvalue weighted by atomic mass is 16.1. The van der Waals surface area contributed by atoms with Crippen LogP contribution in [0.2, 0.25) is 0 Å². The lowest BCUT2D eigenvalue weighted by molar-refractivity contribution is -0.123. The van der Waals surface area contributed by atoms with Crippen molar-refractivity contribution in [2.24, 2.45) is 7.05 Å². The minimum absolute atomic E-state index is 0.448. The summed E-state index contributed by atoms with van der Waals surface area (Å²) in [6.45, 7) is 0.895. The first-order valence-electron chi connectivity index (χ1n) is 5.97. The Balaban J connectivity index is 1.77. The highest BCUT2D eigenvalue weighted by Crippen LogP contribution is 2.34. The van der Waals surface area contributed by atoms with Crippen molar-refractivity contribution in [3.05, 3.63) is 18.2 Å². The van der Waals surface area contributed by atoms with Crippen LogP contribution in [0.25, 0.3) is 0 Å². The Labute approximate surface area is 95.3 Å². The molecule has 0 spiro atoms. The van der Waals surface area contributed by atoms with E-state index < -0.39 is 0 Å².